The van der Waals surface area contributed by atoms with Crippen LogP contribution < -0.4 is 20.6 Å². The summed E-state index contributed by atoms with van der Waals surface area (Å²) in [5.74, 6) is 0. The maximum absolute atomic E-state index is 6.89. The molecule has 3 heterocycles. The van der Waals surface area contributed by atoms with Gasteiger partial charge in [-0.3, -0.25) is 0 Å². The molecule has 0 bridgehead atoms. The first-order chi connectivity index (χ1) is 28.0. The Kier molecular flexibility index (Phi) is 7.83. The van der Waals surface area contributed by atoms with Crippen LogP contribution in [0.15, 0.2) is 144 Å². The highest BCUT2D eigenvalue weighted by Crippen LogP contribution is 2.59. The summed E-state index contributed by atoms with van der Waals surface area (Å²) in [6.45, 7) is 9.35. The Balaban J connectivity index is 1.30. The van der Waals surface area contributed by atoms with Gasteiger partial charge < -0.3 is 14.1 Å². The summed E-state index contributed by atoms with van der Waals surface area (Å²) in [6.07, 6.45) is 6.89. The third-order valence-corrected chi connectivity index (χ3v) is 13.2. The monoisotopic (exact) mass is 738 g/mol. The zero-order valence-electron chi connectivity index (χ0n) is 33.4. The third-order valence-electron chi connectivity index (χ3n) is 13.2. The lowest BCUT2D eigenvalue weighted by Gasteiger charge is -2.47. The van der Waals surface area contributed by atoms with Crippen molar-refractivity contribution in [2.45, 2.75) is 71.6 Å². The minimum absolute atomic E-state index is 0.0781. The quantitative estimate of drug-likeness (QED) is 0.145. The normalized spacial score (nSPS) is 14.4. The van der Waals surface area contributed by atoms with E-state index in [1.807, 2.05) is 0 Å². The summed E-state index contributed by atoms with van der Waals surface area (Å²) < 4.78 is 6.89. The number of hydrogen-bond acceptors (Lipinski definition) is 3. The first-order valence-electron chi connectivity index (χ1n) is 21.1. The van der Waals surface area contributed by atoms with E-state index in [1.165, 1.54) is 120 Å². The number of furan rings is 1. The Morgan fingerprint density at radius 2 is 1.30 bits per heavy atom. The molecule has 0 saturated heterocycles. The molecule has 0 atom stereocenters. The standard InChI is InChI=1S/C53H47BN2O/c1-5-7-16-34-24-27-36(28-25-34)55-44-31-26-35(17-8-6-2)32-43(44)54-51-45(55)33-47-48(40-21-13-15-23-46(40)57-47)49(51)41-30-29-39-38-20-12-14-22-42(38)53(3,4)50(39)52(41)56(54)37-18-10-9-11-19-37/h9-15,18-33H,5-8,16-17H2,1-4H3. The van der Waals surface area contributed by atoms with E-state index >= 15 is 0 Å². The first-order valence-corrected chi connectivity index (χ1v) is 21.1. The van der Waals surface area contributed by atoms with E-state index in [4.69, 9.17) is 4.42 Å². The Labute approximate surface area is 336 Å². The lowest BCUT2D eigenvalue weighted by molar-refractivity contribution is 0.661. The van der Waals surface area contributed by atoms with E-state index in [-0.39, 0.29) is 12.3 Å². The summed E-state index contributed by atoms with van der Waals surface area (Å²) in [4.78, 5) is 5.25. The average molecular weight is 739 g/mol. The number of para-hydroxylation sites is 2. The fourth-order valence-corrected chi connectivity index (χ4v) is 10.5. The topological polar surface area (TPSA) is 19.6 Å². The molecule has 7 aromatic carbocycles. The van der Waals surface area contributed by atoms with Crippen molar-refractivity contribution in [2.75, 3.05) is 9.71 Å². The van der Waals surface area contributed by atoms with Gasteiger partial charge in [-0.1, -0.05) is 138 Å². The van der Waals surface area contributed by atoms with Gasteiger partial charge in [0, 0.05) is 56.3 Å². The zero-order valence-corrected chi connectivity index (χ0v) is 33.4. The highest BCUT2D eigenvalue weighted by Gasteiger charge is 2.50. The van der Waals surface area contributed by atoms with Gasteiger partial charge in [0.25, 0.3) is 0 Å². The molecule has 0 unspecified atom stereocenters. The van der Waals surface area contributed by atoms with E-state index in [1.54, 1.807) is 0 Å². The van der Waals surface area contributed by atoms with Crippen molar-refractivity contribution in [3.8, 4) is 22.3 Å². The maximum atomic E-state index is 6.89. The van der Waals surface area contributed by atoms with Crippen LogP contribution in [-0.4, -0.2) is 6.85 Å². The predicted octanol–water partition coefficient (Wildman–Crippen LogP) is 13.3. The van der Waals surface area contributed by atoms with Crippen LogP contribution in [0.3, 0.4) is 0 Å². The summed E-state index contributed by atoms with van der Waals surface area (Å²) in [6, 6.07) is 52.8. The third kappa shape index (κ3) is 4.99. The van der Waals surface area contributed by atoms with E-state index in [9.17, 15) is 0 Å². The molecular formula is C53H47BN2O. The average Bonchev–Trinajstić information content (AvgIpc) is 3.74. The largest absolute Gasteiger partial charge is 0.456 e. The Morgan fingerprint density at radius 3 is 2.11 bits per heavy atom. The number of aryl methyl sites for hydroxylation is 2. The number of benzene rings is 7. The number of anilines is 5. The van der Waals surface area contributed by atoms with Gasteiger partial charge in [0.15, 0.2) is 0 Å². The van der Waals surface area contributed by atoms with Crippen molar-refractivity contribution in [1.82, 2.24) is 0 Å². The minimum atomic E-state index is -0.219. The molecule has 4 heteroatoms. The minimum Gasteiger partial charge on any atom is -0.456 e. The van der Waals surface area contributed by atoms with E-state index in [0.29, 0.717) is 0 Å². The molecule has 0 fully saturated rings. The van der Waals surface area contributed by atoms with Crippen molar-refractivity contribution in [2.24, 2.45) is 0 Å². The number of rotatable bonds is 8. The van der Waals surface area contributed by atoms with Gasteiger partial charge >= 0.3 is 6.85 Å². The van der Waals surface area contributed by atoms with Crippen molar-refractivity contribution in [3.05, 3.63) is 162 Å². The van der Waals surface area contributed by atoms with Crippen LogP contribution >= 0.6 is 0 Å². The lowest BCUT2D eigenvalue weighted by Crippen LogP contribution is -2.62. The molecule has 2 aliphatic heterocycles. The maximum Gasteiger partial charge on any atom is 0.333 e. The second-order valence-corrected chi connectivity index (χ2v) is 16.9. The van der Waals surface area contributed by atoms with Gasteiger partial charge in [-0.05, 0) is 112 Å². The number of hydrogen-bond donors (Lipinski definition) is 0. The molecule has 8 aromatic rings. The number of nitrogens with zero attached hydrogens (tertiary/aromatic N) is 2. The van der Waals surface area contributed by atoms with Crippen molar-refractivity contribution < 1.29 is 4.42 Å². The molecule has 0 spiro atoms. The fraction of sp³-hybridized carbons (Fsp3) is 0.208. The van der Waals surface area contributed by atoms with Crippen LogP contribution in [0.4, 0.5) is 28.4 Å². The number of fused-ring (bicyclic) bond motifs is 12. The van der Waals surface area contributed by atoms with Crippen LogP contribution in [0.1, 0.15) is 75.6 Å². The van der Waals surface area contributed by atoms with Crippen LogP contribution in [-0.2, 0) is 18.3 Å². The second kappa shape index (κ2) is 13.0. The molecule has 1 aliphatic carbocycles. The molecule has 3 aliphatic rings. The van der Waals surface area contributed by atoms with Gasteiger partial charge in [0.1, 0.15) is 11.2 Å². The Hall–Kier alpha value is -6.00. The van der Waals surface area contributed by atoms with Gasteiger partial charge in [-0.2, -0.15) is 0 Å². The molecule has 0 radical (unpaired) electrons. The van der Waals surface area contributed by atoms with E-state index in [0.717, 1.165) is 24.0 Å². The molecule has 0 amide bonds. The van der Waals surface area contributed by atoms with Gasteiger partial charge in [0.05, 0.1) is 0 Å². The van der Waals surface area contributed by atoms with Gasteiger partial charge in [-0.25, -0.2) is 0 Å². The molecule has 278 valence electrons. The smallest absolute Gasteiger partial charge is 0.333 e. The molecule has 3 nitrogen and oxygen atoms in total. The second-order valence-electron chi connectivity index (χ2n) is 16.9. The molecule has 57 heavy (non-hydrogen) atoms. The Bertz CT molecular complexity index is 2870. The SMILES string of the molecule is CCCCc1ccc(N2c3ccc(CCCC)cc3B3c4c2cc2oc5ccccc5c2c4-c2ccc4c(c2N3c2ccccc2)C(C)(C)c2ccccc2-4)cc1. The van der Waals surface area contributed by atoms with Crippen molar-refractivity contribution >= 4 is 68.1 Å². The van der Waals surface area contributed by atoms with Crippen LogP contribution in [0.25, 0.3) is 44.2 Å². The highest BCUT2D eigenvalue weighted by atomic mass is 16.3. The molecule has 0 N–H and O–H groups in total. The van der Waals surface area contributed by atoms with Gasteiger partial charge in [0.2, 0.25) is 0 Å². The van der Waals surface area contributed by atoms with Crippen LogP contribution in [0.2, 0.25) is 0 Å². The summed E-state index contributed by atoms with van der Waals surface area (Å²) in [5, 5.41) is 2.37. The molecule has 1 aromatic heterocycles. The summed E-state index contributed by atoms with van der Waals surface area (Å²) in [5.41, 5.74) is 21.2. The van der Waals surface area contributed by atoms with Crippen LogP contribution in [0.5, 0.6) is 0 Å². The molecular weight excluding hydrogens is 691 g/mol. The summed E-state index contributed by atoms with van der Waals surface area (Å²) in [7, 11) is 0. The molecule has 0 saturated carbocycles. The fourth-order valence-electron chi connectivity index (χ4n) is 10.5. The van der Waals surface area contributed by atoms with E-state index in [2.05, 4.69) is 177 Å². The lowest BCUT2D eigenvalue weighted by atomic mass is 9.42. The van der Waals surface area contributed by atoms with Crippen molar-refractivity contribution in [3.63, 3.8) is 0 Å². The Morgan fingerprint density at radius 1 is 0.596 bits per heavy atom. The first kappa shape index (κ1) is 34.3. The van der Waals surface area contributed by atoms with Gasteiger partial charge in [-0.15, -0.1) is 0 Å². The predicted molar refractivity (Wildman–Crippen MR) is 242 cm³/mol. The zero-order chi connectivity index (χ0) is 38.4. The molecule has 11 rings (SSSR count). The highest BCUT2D eigenvalue weighted by molar-refractivity contribution is 6.94. The summed E-state index contributed by atoms with van der Waals surface area (Å²) >= 11 is 0. The van der Waals surface area contributed by atoms with Crippen molar-refractivity contribution in [1.29, 1.82) is 0 Å². The van der Waals surface area contributed by atoms with E-state index < -0.39 is 0 Å². The van der Waals surface area contributed by atoms with Crippen LogP contribution in [0, 0.1) is 0 Å². The number of unbranched alkanes of at least 4 members (excludes halogenated alkanes) is 2.